The first-order chi connectivity index (χ1) is 33.5. The third-order valence-electron chi connectivity index (χ3n) is 10.9. The van der Waals surface area contributed by atoms with Crippen molar-refractivity contribution in [1.29, 1.82) is 0 Å². The van der Waals surface area contributed by atoms with Gasteiger partial charge >= 0.3 is 11.9 Å². The number of esters is 1. The summed E-state index contributed by atoms with van der Waals surface area (Å²) in [5, 5.41) is 9.50. The van der Waals surface area contributed by atoms with E-state index < -0.39 is 17.7 Å². The highest BCUT2D eigenvalue weighted by molar-refractivity contribution is 6.13. The summed E-state index contributed by atoms with van der Waals surface area (Å²) in [6.45, 7) is 8.54. The summed E-state index contributed by atoms with van der Waals surface area (Å²) in [4.78, 5) is 51.2. The SMILES string of the molecule is COC(=O)c1cc(C(=O)c2c(C)c(OCCOCCOCCOCCOCCOCCOCCOc3cccn4c(C(=O)c5ccc(N)c(C(=O)O)c5)c(C)c(OC)c34)c3ccccn23)ccc1N. The lowest BCUT2D eigenvalue weighted by Gasteiger charge is -2.11. The van der Waals surface area contributed by atoms with Crippen LogP contribution in [0.4, 0.5) is 11.4 Å². The normalized spacial score (nSPS) is 11.3. The van der Waals surface area contributed by atoms with E-state index in [2.05, 4.69) is 0 Å². The van der Waals surface area contributed by atoms with Gasteiger partial charge in [-0.05, 0) is 74.5 Å². The molecule has 5 N–H and O–H groups in total. The number of carboxylic acids is 1. The molecule has 0 radical (unpaired) electrons. The number of anilines is 2. The van der Waals surface area contributed by atoms with Gasteiger partial charge in [0.25, 0.3) is 0 Å². The van der Waals surface area contributed by atoms with Crippen LogP contribution in [0.1, 0.15) is 63.9 Å². The van der Waals surface area contributed by atoms with Crippen LogP contribution in [0.25, 0.3) is 11.0 Å². The Morgan fingerprint density at radius 1 is 0.536 bits per heavy atom. The molecule has 0 amide bonds. The fourth-order valence-electron chi connectivity index (χ4n) is 7.53. The number of hydrogen-bond donors (Lipinski definition) is 3. The molecule has 2 aromatic carbocycles. The third kappa shape index (κ3) is 12.8. The van der Waals surface area contributed by atoms with Gasteiger partial charge in [0, 0.05) is 46.0 Å². The maximum atomic E-state index is 13.7. The first-order valence-electron chi connectivity index (χ1n) is 22.2. The van der Waals surface area contributed by atoms with Gasteiger partial charge in [-0.1, -0.05) is 6.07 Å². The Labute approximate surface area is 398 Å². The molecule has 6 aromatic rings. The maximum Gasteiger partial charge on any atom is 0.339 e. The van der Waals surface area contributed by atoms with Crippen LogP contribution in [0, 0.1) is 13.8 Å². The zero-order chi connectivity index (χ0) is 49.3. The molecule has 0 unspecified atom stereocenters. The number of ketones is 2. The summed E-state index contributed by atoms with van der Waals surface area (Å²) < 4.78 is 59.7. The highest BCUT2D eigenvalue weighted by atomic mass is 16.6. The second kappa shape index (κ2) is 25.4. The van der Waals surface area contributed by atoms with Crippen molar-refractivity contribution < 1.29 is 71.7 Å². The number of nitrogens with zero attached hydrogens (tertiary/aromatic N) is 2. The summed E-state index contributed by atoms with van der Waals surface area (Å²) in [5.74, 6) is -1.02. The standard InChI is InChI=1S/C50H58N4O15/c1-32-42(45(55)35-11-13-39(52)37(31-35)50(59)61-4)53-14-6-5-8-40(53)47(32)69-29-27-67-25-23-65-21-19-63-17-16-62-18-20-64-22-24-66-26-28-68-41-9-7-15-54-43(33(2)48(60-3)44(41)54)46(56)34-10-12-38(51)36(30-34)49(57)58/h5-15,30-31H,16-29,51-52H2,1-4H3,(H,57,58). The Kier molecular flexibility index (Phi) is 18.9. The number of ether oxygens (including phenoxy) is 10. The molecule has 0 bridgehead atoms. The van der Waals surface area contributed by atoms with Crippen molar-refractivity contribution in [3.63, 3.8) is 0 Å². The molecule has 0 aliphatic carbocycles. The molecule has 0 saturated carbocycles. The van der Waals surface area contributed by atoms with Gasteiger partial charge in [0.2, 0.25) is 11.6 Å². The summed E-state index contributed by atoms with van der Waals surface area (Å²) in [5.41, 5.74) is 15.7. The molecular weight excluding hydrogens is 897 g/mol. The van der Waals surface area contributed by atoms with Crippen LogP contribution in [-0.2, 0) is 33.2 Å². The van der Waals surface area contributed by atoms with E-state index in [4.69, 9.17) is 58.8 Å². The van der Waals surface area contributed by atoms with E-state index in [-0.39, 0.29) is 53.7 Å². The largest absolute Gasteiger partial charge is 0.494 e. The van der Waals surface area contributed by atoms with Crippen molar-refractivity contribution in [2.75, 3.05) is 118 Å². The van der Waals surface area contributed by atoms with E-state index in [9.17, 15) is 24.3 Å². The van der Waals surface area contributed by atoms with Gasteiger partial charge in [-0.2, -0.15) is 0 Å². The summed E-state index contributed by atoms with van der Waals surface area (Å²) in [7, 11) is 2.76. The molecule has 19 nitrogen and oxygen atoms in total. The van der Waals surface area contributed by atoms with Crippen LogP contribution in [0.5, 0.6) is 17.2 Å². The summed E-state index contributed by atoms with van der Waals surface area (Å²) in [6.07, 6.45) is 3.50. The third-order valence-corrected chi connectivity index (χ3v) is 10.9. The van der Waals surface area contributed by atoms with E-state index in [0.717, 1.165) is 5.52 Å². The average molecular weight is 955 g/mol. The predicted molar refractivity (Wildman–Crippen MR) is 254 cm³/mol. The fourth-order valence-corrected chi connectivity index (χ4v) is 7.53. The van der Waals surface area contributed by atoms with Crippen LogP contribution < -0.4 is 25.7 Å². The average Bonchev–Trinajstić information content (AvgIpc) is 3.81. The van der Waals surface area contributed by atoms with Gasteiger partial charge in [-0.15, -0.1) is 0 Å². The Morgan fingerprint density at radius 2 is 1.00 bits per heavy atom. The number of carbonyl (C=O) groups is 4. The van der Waals surface area contributed by atoms with Crippen molar-refractivity contribution in [2.45, 2.75) is 13.8 Å². The second-order valence-corrected chi connectivity index (χ2v) is 15.3. The van der Waals surface area contributed by atoms with Crippen LogP contribution in [0.3, 0.4) is 0 Å². The lowest BCUT2D eigenvalue weighted by atomic mass is 10.0. The molecule has 0 aliphatic heterocycles. The maximum absolute atomic E-state index is 13.7. The number of aromatic carboxylic acids is 1. The second-order valence-electron chi connectivity index (χ2n) is 15.3. The van der Waals surface area contributed by atoms with Gasteiger partial charge in [0.1, 0.15) is 41.6 Å². The number of methoxy groups -OCH3 is 2. The number of rotatable bonds is 30. The van der Waals surface area contributed by atoms with Gasteiger partial charge in [-0.3, -0.25) is 9.59 Å². The number of hydrogen-bond acceptors (Lipinski definition) is 16. The number of carbonyl (C=O) groups excluding carboxylic acids is 3. The predicted octanol–water partition coefficient (Wildman–Crippen LogP) is 5.49. The lowest BCUT2D eigenvalue weighted by Crippen LogP contribution is -2.15. The van der Waals surface area contributed by atoms with Gasteiger partial charge in [-0.25, -0.2) is 9.59 Å². The Morgan fingerprint density at radius 3 is 1.52 bits per heavy atom. The molecule has 0 atom stereocenters. The molecule has 4 aromatic heterocycles. The highest BCUT2D eigenvalue weighted by Crippen LogP contribution is 2.38. The Bertz CT molecular complexity index is 2730. The summed E-state index contributed by atoms with van der Waals surface area (Å²) >= 11 is 0. The quantitative estimate of drug-likeness (QED) is 0.0219. The van der Waals surface area contributed by atoms with E-state index >= 15 is 0 Å². The van der Waals surface area contributed by atoms with Crippen molar-refractivity contribution >= 4 is 45.9 Å². The van der Waals surface area contributed by atoms with Gasteiger partial charge in [0.05, 0.1) is 110 Å². The molecule has 0 aliphatic rings. The highest BCUT2D eigenvalue weighted by Gasteiger charge is 2.27. The van der Waals surface area contributed by atoms with Crippen molar-refractivity contribution in [3.05, 3.63) is 124 Å². The molecule has 368 valence electrons. The molecule has 0 saturated heterocycles. The monoisotopic (exact) mass is 954 g/mol. The molecule has 6 rings (SSSR count). The minimum absolute atomic E-state index is 0.0654. The minimum atomic E-state index is -1.22. The molecular formula is C50H58N4O15. The Balaban J connectivity index is 0.777. The first-order valence-corrected chi connectivity index (χ1v) is 22.2. The van der Waals surface area contributed by atoms with Crippen LogP contribution in [-0.4, -0.2) is 144 Å². The van der Waals surface area contributed by atoms with Gasteiger partial charge < -0.3 is 72.7 Å². The molecule has 19 heteroatoms. The van der Waals surface area contributed by atoms with E-state index in [1.165, 1.54) is 44.6 Å². The number of fused-ring (bicyclic) bond motifs is 2. The zero-order valence-electron chi connectivity index (χ0n) is 39.1. The smallest absolute Gasteiger partial charge is 0.339 e. The summed E-state index contributed by atoms with van der Waals surface area (Å²) in [6, 6.07) is 17.8. The molecule has 0 fully saturated rings. The number of pyridine rings is 2. The van der Waals surface area contributed by atoms with E-state index in [1.807, 2.05) is 25.1 Å². The van der Waals surface area contributed by atoms with Crippen molar-refractivity contribution in [2.24, 2.45) is 0 Å². The molecule has 69 heavy (non-hydrogen) atoms. The number of nitrogens with two attached hydrogens (primary N) is 2. The van der Waals surface area contributed by atoms with Gasteiger partial charge in [0.15, 0.2) is 5.75 Å². The van der Waals surface area contributed by atoms with Crippen molar-refractivity contribution in [3.8, 4) is 17.2 Å². The minimum Gasteiger partial charge on any atom is -0.494 e. The van der Waals surface area contributed by atoms with Crippen molar-refractivity contribution in [1.82, 2.24) is 8.80 Å². The molecule has 4 heterocycles. The number of aromatic nitrogens is 2. The van der Waals surface area contributed by atoms with Crippen LogP contribution >= 0.6 is 0 Å². The Hall–Kier alpha value is -7.00. The van der Waals surface area contributed by atoms with E-state index in [1.54, 1.807) is 46.3 Å². The number of carboxylic acid groups (broad SMARTS) is 1. The number of nitrogen functional groups attached to an aromatic ring is 2. The van der Waals surface area contributed by atoms with Crippen LogP contribution in [0.2, 0.25) is 0 Å². The van der Waals surface area contributed by atoms with E-state index in [0.29, 0.717) is 124 Å². The first kappa shape index (κ1) is 51.4. The topological polar surface area (TPSA) is 242 Å². The molecule has 0 spiro atoms. The fraction of sp³-hybridized carbons (Fsp3) is 0.360. The van der Waals surface area contributed by atoms with Crippen LogP contribution in [0.15, 0.2) is 79.1 Å². The lowest BCUT2D eigenvalue weighted by molar-refractivity contribution is -0.0187. The number of benzene rings is 2. The zero-order valence-corrected chi connectivity index (χ0v) is 39.1.